The number of nitrogens with one attached hydrogen (secondary N) is 2. The van der Waals surface area contributed by atoms with Gasteiger partial charge in [0.25, 0.3) is 5.56 Å². The van der Waals surface area contributed by atoms with Gasteiger partial charge in [-0.2, -0.15) is 0 Å². The van der Waals surface area contributed by atoms with Gasteiger partial charge in [-0.3, -0.25) is 19.1 Å². The van der Waals surface area contributed by atoms with Crippen molar-refractivity contribution in [2.75, 3.05) is 19.6 Å². The molecule has 1 aliphatic heterocycles. The number of amides is 1. The van der Waals surface area contributed by atoms with Crippen LogP contribution < -0.4 is 16.6 Å². The highest BCUT2D eigenvalue weighted by molar-refractivity contribution is 5.78. The summed E-state index contributed by atoms with van der Waals surface area (Å²) in [6, 6.07) is 17.0. The van der Waals surface area contributed by atoms with Gasteiger partial charge in [-0.25, -0.2) is 4.79 Å². The Morgan fingerprint density at radius 1 is 1.06 bits per heavy atom. The molecule has 2 N–H and O–H groups in total. The molecule has 0 aliphatic carbocycles. The van der Waals surface area contributed by atoms with E-state index < -0.39 is 11.2 Å². The molecule has 0 saturated carbocycles. The standard InChI is InChI=1S/C24H28N4O3/c1-17-11-13-27(14-12-17)21(18-7-3-2-4-8-18)15-25-22(29)16-28-23(30)19-9-5-6-10-20(19)26-24(28)31/h2-10,17,21H,11-16H2,1H3,(H,25,29)(H,26,31). The van der Waals surface area contributed by atoms with E-state index in [-0.39, 0.29) is 18.5 Å². The summed E-state index contributed by atoms with van der Waals surface area (Å²) < 4.78 is 0.956. The van der Waals surface area contributed by atoms with Crippen molar-refractivity contribution >= 4 is 16.8 Å². The summed E-state index contributed by atoms with van der Waals surface area (Å²) in [6.45, 7) is 4.37. The fourth-order valence-electron chi connectivity index (χ4n) is 4.23. The monoisotopic (exact) mass is 420 g/mol. The van der Waals surface area contributed by atoms with Crippen LogP contribution in [0.2, 0.25) is 0 Å². The molecule has 7 nitrogen and oxygen atoms in total. The van der Waals surface area contributed by atoms with Crippen LogP contribution in [0.1, 0.15) is 31.4 Å². The maximum Gasteiger partial charge on any atom is 0.329 e. The number of carbonyl (C=O) groups is 1. The quantitative estimate of drug-likeness (QED) is 0.641. The molecule has 4 rings (SSSR count). The highest BCUT2D eigenvalue weighted by Crippen LogP contribution is 2.26. The van der Waals surface area contributed by atoms with Crippen molar-refractivity contribution in [2.45, 2.75) is 32.4 Å². The first kappa shape index (κ1) is 21.1. The summed E-state index contributed by atoms with van der Waals surface area (Å²) in [5.74, 6) is 0.364. The van der Waals surface area contributed by atoms with Crippen molar-refractivity contribution in [2.24, 2.45) is 5.92 Å². The number of aromatic amines is 1. The Morgan fingerprint density at radius 2 is 1.74 bits per heavy atom. The second-order valence-corrected chi connectivity index (χ2v) is 8.32. The van der Waals surface area contributed by atoms with Crippen LogP contribution in [-0.4, -0.2) is 40.0 Å². The first-order valence-corrected chi connectivity index (χ1v) is 10.8. The van der Waals surface area contributed by atoms with Crippen molar-refractivity contribution in [1.82, 2.24) is 19.8 Å². The third-order valence-corrected chi connectivity index (χ3v) is 6.13. The topological polar surface area (TPSA) is 87.2 Å². The minimum atomic E-state index is -0.580. The molecule has 1 atom stereocenters. The maximum atomic E-state index is 12.7. The molecule has 2 aromatic carbocycles. The second-order valence-electron chi connectivity index (χ2n) is 8.32. The third-order valence-electron chi connectivity index (χ3n) is 6.13. The van der Waals surface area contributed by atoms with Gasteiger partial charge in [0.1, 0.15) is 6.54 Å². The molecule has 1 unspecified atom stereocenters. The molecule has 0 bridgehead atoms. The van der Waals surface area contributed by atoms with E-state index in [9.17, 15) is 14.4 Å². The Labute approximate surface area is 180 Å². The maximum absolute atomic E-state index is 12.7. The molecule has 7 heteroatoms. The summed E-state index contributed by atoms with van der Waals surface area (Å²) in [6.07, 6.45) is 2.28. The lowest BCUT2D eigenvalue weighted by atomic mass is 9.95. The van der Waals surface area contributed by atoms with Crippen molar-refractivity contribution < 1.29 is 4.79 Å². The average molecular weight is 421 g/mol. The van der Waals surface area contributed by atoms with Gasteiger partial charge in [0, 0.05) is 6.54 Å². The first-order chi connectivity index (χ1) is 15.0. The van der Waals surface area contributed by atoms with Gasteiger partial charge < -0.3 is 10.3 Å². The highest BCUT2D eigenvalue weighted by atomic mass is 16.2. The molecule has 0 spiro atoms. The van der Waals surface area contributed by atoms with Gasteiger partial charge in [0.15, 0.2) is 0 Å². The van der Waals surface area contributed by atoms with Crippen molar-refractivity contribution in [1.29, 1.82) is 0 Å². The van der Waals surface area contributed by atoms with E-state index in [0.717, 1.165) is 36.1 Å². The minimum Gasteiger partial charge on any atom is -0.353 e. The number of H-pyrrole nitrogens is 1. The van der Waals surface area contributed by atoms with E-state index in [0.29, 0.717) is 23.4 Å². The predicted molar refractivity (Wildman–Crippen MR) is 121 cm³/mol. The number of benzene rings is 2. The summed E-state index contributed by atoms with van der Waals surface area (Å²) in [5.41, 5.74) is 0.582. The van der Waals surface area contributed by atoms with Crippen LogP contribution in [0.25, 0.3) is 10.9 Å². The van der Waals surface area contributed by atoms with Crippen LogP contribution in [0.3, 0.4) is 0 Å². The zero-order chi connectivity index (χ0) is 21.8. The molecule has 2 heterocycles. The fraction of sp³-hybridized carbons (Fsp3) is 0.375. The zero-order valence-corrected chi connectivity index (χ0v) is 17.7. The summed E-state index contributed by atoms with van der Waals surface area (Å²) in [5, 5.41) is 3.34. The molecule has 1 aromatic heterocycles. The summed E-state index contributed by atoms with van der Waals surface area (Å²) in [4.78, 5) is 42.8. The average Bonchev–Trinajstić information content (AvgIpc) is 2.78. The normalized spacial score (nSPS) is 16.3. The van der Waals surface area contributed by atoms with Gasteiger partial charge >= 0.3 is 5.69 Å². The van der Waals surface area contributed by atoms with E-state index in [1.54, 1.807) is 24.3 Å². The lowest BCUT2D eigenvalue weighted by Crippen LogP contribution is -2.44. The van der Waals surface area contributed by atoms with Crippen molar-refractivity contribution in [3.05, 3.63) is 81.0 Å². The van der Waals surface area contributed by atoms with Gasteiger partial charge in [-0.1, -0.05) is 49.4 Å². The second kappa shape index (κ2) is 9.31. The van der Waals surface area contributed by atoms with Gasteiger partial charge in [0.2, 0.25) is 5.91 Å². The minimum absolute atomic E-state index is 0.0595. The first-order valence-electron chi connectivity index (χ1n) is 10.8. The Hall–Kier alpha value is -3.19. The van der Waals surface area contributed by atoms with Gasteiger partial charge in [-0.05, 0) is 49.5 Å². The molecular formula is C24H28N4O3. The number of hydrogen-bond acceptors (Lipinski definition) is 4. The van der Waals surface area contributed by atoms with Gasteiger partial charge in [-0.15, -0.1) is 0 Å². The molecule has 1 fully saturated rings. The summed E-state index contributed by atoms with van der Waals surface area (Å²) in [7, 11) is 0. The largest absolute Gasteiger partial charge is 0.353 e. The van der Waals surface area contributed by atoms with Crippen molar-refractivity contribution in [3.8, 4) is 0 Å². The van der Waals surface area contributed by atoms with Crippen LogP contribution in [0.4, 0.5) is 0 Å². The van der Waals surface area contributed by atoms with E-state index in [1.807, 2.05) is 18.2 Å². The molecular weight excluding hydrogens is 392 g/mol. The van der Waals surface area contributed by atoms with E-state index >= 15 is 0 Å². The number of carbonyl (C=O) groups excluding carboxylic acids is 1. The van der Waals surface area contributed by atoms with E-state index in [1.165, 1.54) is 0 Å². The number of nitrogens with zero attached hydrogens (tertiary/aromatic N) is 2. The molecule has 1 aliphatic rings. The Morgan fingerprint density at radius 3 is 2.48 bits per heavy atom. The van der Waals surface area contributed by atoms with E-state index in [2.05, 4.69) is 34.3 Å². The number of rotatable bonds is 6. The number of piperidine rings is 1. The SMILES string of the molecule is CC1CCN(C(CNC(=O)Cn2c(=O)[nH]c3ccccc3c2=O)c2ccccc2)CC1. The summed E-state index contributed by atoms with van der Waals surface area (Å²) >= 11 is 0. The zero-order valence-electron chi connectivity index (χ0n) is 17.7. The number of aromatic nitrogens is 2. The van der Waals surface area contributed by atoms with Crippen LogP contribution in [0.15, 0.2) is 64.2 Å². The molecule has 1 amide bonds. The fourth-order valence-corrected chi connectivity index (χ4v) is 4.23. The lowest BCUT2D eigenvalue weighted by molar-refractivity contribution is -0.122. The smallest absolute Gasteiger partial charge is 0.329 e. The van der Waals surface area contributed by atoms with Crippen molar-refractivity contribution in [3.63, 3.8) is 0 Å². The van der Waals surface area contributed by atoms with Crippen LogP contribution >= 0.6 is 0 Å². The number of para-hydroxylation sites is 1. The molecule has 3 aromatic rings. The molecule has 1 saturated heterocycles. The van der Waals surface area contributed by atoms with Gasteiger partial charge in [0.05, 0.1) is 16.9 Å². The van der Waals surface area contributed by atoms with E-state index in [4.69, 9.17) is 0 Å². The van der Waals surface area contributed by atoms with Crippen LogP contribution in [0.5, 0.6) is 0 Å². The molecule has 162 valence electrons. The van der Waals surface area contributed by atoms with Crippen LogP contribution in [0, 0.1) is 5.92 Å². The number of likely N-dealkylation sites (tertiary alicyclic amines) is 1. The third kappa shape index (κ3) is 4.77. The highest BCUT2D eigenvalue weighted by Gasteiger charge is 2.25. The number of fused-ring (bicyclic) bond motifs is 1. The molecule has 31 heavy (non-hydrogen) atoms. The lowest BCUT2D eigenvalue weighted by Gasteiger charge is -2.37. The number of hydrogen-bond donors (Lipinski definition) is 2. The Bertz CT molecular complexity index is 1160. The Kier molecular flexibility index (Phi) is 6.32. The molecule has 0 radical (unpaired) electrons. The Balaban J connectivity index is 1.49. The predicted octanol–water partition coefficient (Wildman–Crippen LogP) is 2.28. The van der Waals surface area contributed by atoms with Crippen LogP contribution in [-0.2, 0) is 11.3 Å².